The lowest BCUT2D eigenvalue weighted by Gasteiger charge is -2.09. The summed E-state index contributed by atoms with van der Waals surface area (Å²) in [6, 6.07) is 2.88. The number of pyridine rings is 1. The van der Waals surface area contributed by atoms with Gasteiger partial charge in [0.1, 0.15) is 18.1 Å². The van der Waals surface area contributed by atoms with Gasteiger partial charge in [-0.1, -0.05) is 11.6 Å². The summed E-state index contributed by atoms with van der Waals surface area (Å²) in [6.45, 7) is -1.42. The van der Waals surface area contributed by atoms with E-state index >= 15 is 0 Å². The summed E-state index contributed by atoms with van der Waals surface area (Å²) in [5.74, 6) is -0.629. The molecule has 1 rings (SSSR count). The number of amides is 1. The lowest BCUT2D eigenvalue weighted by atomic mass is 10.3. The van der Waals surface area contributed by atoms with E-state index in [1.54, 1.807) is 12.4 Å². The Balaban J connectivity index is 2.81. The van der Waals surface area contributed by atoms with Crippen LogP contribution in [-0.2, 0) is 0 Å². The van der Waals surface area contributed by atoms with Gasteiger partial charge in [0.25, 0.3) is 5.91 Å². The molecule has 0 saturated carbocycles. The molecule has 0 radical (unpaired) electrons. The monoisotopic (exact) mass is 267 g/mol. The molecule has 0 spiro atoms. The number of alkyl halides is 3. The Morgan fingerprint density at radius 3 is 2.65 bits per heavy atom. The van der Waals surface area contributed by atoms with Crippen molar-refractivity contribution in [2.75, 3.05) is 18.9 Å². The average Bonchev–Trinajstić information content (AvgIpc) is 2.25. The highest BCUT2D eigenvalue weighted by atomic mass is 35.5. The average molecular weight is 268 g/mol. The Morgan fingerprint density at radius 1 is 1.47 bits per heavy atom. The minimum absolute atomic E-state index is 0.0105. The molecule has 0 aromatic carbocycles. The highest BCUT2D eigenvalue weighted by molar-refractivity contribution is 6.33. The number of hydrogen-bond acceptors (Lipinski definition) is 3. The predicted molar refractivity (Wildman–Crippen MR) is 57.2 cm³/mol. The van der Waals surface area contributed by atoms with Crippen LogP contribution in [0.25, 0.3) is 0 Å². The molecule has 4 nitrogen and oxygen atoms in total. The molecule has 0 aliphatic rings. The molecule has 94 valence electrons. The summed E-state index contributed by atoms with van der Waals surface area (Å²) < 4.78 is 35.7. The predicted octanol–water partition coefficient (Wildman–Crippen LogP) is 2.07. The van der Waals surface area contributed by atoms with E-state index in [0.717, 1.165) is 0 Å². The highest BCUT2D eigenvalue weighted by Gasteiger charge is 2.28. The summed E-state index contributed by atoms with van der Waals surface area (Å²) >= 11 is 5.67. The number of anilines is 1. The summed E-state index contributed by atoms with van der Waals surface area (Å²) in [7, 11) is 1.56. The second-order valence-electron chi connectivity index (χ2n) is 3.07. The van der Waals surface area contributed by atoms with Crippen LogP contribution in [-0.4, -0.2) is 30.7 Å². The van der Waals surface area contributed by atoms with Crippen LogP contribution in [0.15, 0.2) is 12.1 Å². The van der Waals surface area contributed by atoms with Gasteiger partial charge in [0.05, 0.1) is 5.02 Å². The van der Waals surface area contributed by atoms with Crippen LogP contribution in [0.3, 0.4) is 0 Å². The summed E-state index contributed by atoms with van der Waals surface area (Å²) in [6.07, 6.45) is -4.47. The maximum Gasteiger partial charge on any atom is 0.405 e. The highest BCUT2D eigenvalue weighted by Crippen LogP contribution is 2.17. The number of nitrogens with zero attached hydrogens (tertiary/aromatic N) is 1. The van der Waals surface area contributed by atoms with Gasteiger partial charge in [-0.15, -0.1) is 0 Å². The van der Waals surface area contributed by atoms with Gasteiger partial charge in [0.15, 0.2) is 0 Å². The minimum Gasteiger partial charge on any atom is -0.373 e. The second kappa shape index (κ2) is 5.22. The summed E-state index contributed by atoms with van der Waals surface area (Å²) in [5.41, 5.74) is -0.247. The number of aromatic nitrogens is 1. The largest absolute Gasteiger partial charge is 0.405 e. The van der Waals surface area contributed by atoms with E-state index in [1.807, 2.05) is 0 Å². The van der Waals surface area contributed by atoms with E-state index in [0.29, 0.717) is 5.82 Å². The van der Waals surface area contributed by atoms with Gasteiger partial charge in [-0.2, -0.15) is 13.2 Å². The first-order chi connectivity index (χ1) is 7.83. The van der Waals surface area contributed by atoms with E-state index in [-0.39, 0.29) is 10.7 Å². The zero-order valence-electron chi connectivity index (χ0n) is 8.73. The van der Waals surface area contributed by atoms with Gasteiger partial charge < -0.3 is 10.6 Å². The fourth-order valence-electron chi connectivity index (χ4n) is 1.00. The first-order valence-corrected chi connectivity index (χ1v) is 4.90. The zero-order chi connectivity index (χ0) is 13.1. The first-order valence-electron chi connectivity index (χ1n) is 4.53. The van der Waals surface area contributed by atoms with Crippen molar-refractivity contribution in [3.8, 4) is 0 Å². The van der Waals surface area contributed by atoms with E-state index in [4.69, 9.17) is 11.6 Å². The maximum atomic E-state index is 11.9. The molecular weight excluding hydrogens is 259 g/mol. The van der Waals surface area contributed by atoms with Crippen LogP contribution in [0.4, 0.5) is 19.0 Å². The van der Waals surface area contributed by atoms with Crippen LogP contribution >= 0.6 is 11.6 Å². The smallest absolute Gasteiger partial charge is 0.373 e. The number of nitrogens with one attached hydrogen (secondary N) is 2. The van der Waals surface area contributed by atoms with E-state index in [2.05, 4.69) is 10.3 Å². The summed E-state index contributed by atoms with van der Waals surface area (Å²) in [5, 5.41) is 4.33. The Labute approximate surface area is 100 Å². The minimum atomic E-state index is -4.47. The van der Waals surface area contributed by atoms with E-state index in [1.165, 1.54) is 12.1 Å². The van der Waals surface area contributed by atoms with Crippen molar-refractivity contribution in [2.45, 2.75) is 6.18 Å². The fourth-order valence-corrected chi connectivity index (χ4v) is 1.20. The molecule has 8 heteroatoms. The molecule has 0 atom stereocenters. The standard InChI is InChI=1S/C9H9ClF3N3O/c1-14-6-3-2-5(10)7(16-6)8(17)15-4-9(11,12)13/h2-3H,4H2,1H3,(H,14,16)(H,15,17). The normalized spacial score (nSPS) is 11.1. The number of carbonyl (C=O) groups excluding carboxylic acids is 1. The topological polar surface area (TPSA) is 54.0 Å². The molecule has 1 aromatic heterocycles. The van der Waals surface area contributed by atoms with Crippen molar-refractivity contribution in [1.82, 2.24) is 10.3 Å². The third kappa shape index (κ3) is 4.10. The molecule has 0 aliphatic heterocycles. The lowest BCUT2D eigenvalue weighted by molar-refractivity contribution is -0.123. The maximum absolute atomic E-state index is 11.9. The third-order valence-electron chi connectivity index (χ3n) is 1.77. The molecule has 2 N–H and O–H groups in total. The molecular formula is C9H9ClF3N3O. The van der Waals surface area contributed by atoms with Crippen LogP contribution in [0.5, 0.6) is 0 Å². The van der Waals surface area contributed by atoms with Crippen LogP contribution in [0, 0.1) is 0 Å². The molecule has 1 aromatic rings. The van der Waals surface area contributed by atoms with Crippen molar-refractivity contribution >= 4 is 23.3 Å². The van der Waals surface area contributed by atoms with Gasteiger partial charge in [0.2, 0.25) is 0 Å². The molecule has 0 aliphatic carbocycles. The van der Waals surface area contributed by atoms with Crippen molar-refractivity contribution in [2.24, 2.45) is 0 Å². The first kappa shape index (κ1) is 13.6. The SMILES string of the molecule is CNc1ccc(Cl)c(C(=O)NCC(F)(F)F)n1. The molecule has 0 saturated heterocycles. The molecule has 0 unspecified atom stereocenters. The Bertz CT molecular complexity index is 422. The van der Waals surface area contributed by atoms with Gasteiger partial charge in [0, 0.05) is 7.05 Å². The molecule has 1 heterocycles. The zero-order valence-corrected chi connectivity index (χ0v) is 9.49. The summed E-state index contributed by atoms with van der Waals surface area (Å²) in [4.78, 5) is 15.2. The van der Waals surface area contributed by atoms with E-state index < -0.39 is 18.6 Å². The number of halogens is 4. The molecule has 0 bridgehead atoms. The van der Waals surface area contributed by atoms with Crippen molar-refractivity contribution < 1.29 is 18.0 Å². The van der Waals surface area contributed by atoms with Crippen molar-refractivity contribution in [3.05, 3.63) is 22.8 Å². The van der Waals surface area contributed by atoms with E-state index in [9.17, 15) is 18.0 Å². The third-order valence-corrected chi connectivity index (χ3v) is 2.07. The number of rotatable bonds is 3. The Hall–Kier alpha value is -1.50. The van der Waals surface area contributed by atoms with Gasteiger partial charge >= 0.3 is 6.18 Å². The van der Waals surface area contributed by atoms with Crippen LogP contribution in [0.2, 0.25) is 5.02 Å². The number of hydrogen-bond donors (Lipinski definition) is 2. The van der Waals surface area contributed by atoms with Crippen LogP contribution in [0.1, 0.15) is 10.5 Å². The molecule has 1 amide bonds. The van der Waals surface area contributed by atoms with Gasteiger partial charge in [-0.05, 0) is 12.1 Å². The second-order valence-corrected chi connectivity index (χ2v) is 3.48. The van der Waals surface area contributed by atoms with Crippen molar-refractivity contribution in [3.63, 3.8) is 0 Å². The van der Waals surface area contributed by atoms with Gasteiger partial charge in [-0.25, -0.2) is 4.98 Å². The van der Waals surface area contributed by atoms with Gasteiger partial charge in [-0.3, -0.25) is 4.79 Å². The molecule has 17 heavy (non-hydrogen) atoms. The van der Waals surface area contributed by atoms with Crippen molar-refractivity contribution in [1.29, 1.82) is 0 Å². The van der Waals surface area contributed by atoms with Crippen LogP contribution < -0.4 is 10.6 Å². The Morgan fingerprint density at radius 2 is 2.12 bits per heavy atom. The lowest BCUT2D eigenvalue weighted by Crippen LogP contribution is -2.34. The quantitative estimate of drug-likeness (QED) is 0.881. The number of carbonyl (C=O) groups is 1. The molecule has 0 fully saturated rings. The fraction of sp³-hybridized carbons (Fsp3) is 0.333. The Kier molecular flexibility index (Phi) is 4.17.